The number of thiazole rings is 1. The van der Waals surface area contributed by atoms with Gasteiger partial charge in [0.1, 0.15) is 17.0 Å². The predicted molar refractivity (Wildman–Crippen MR) is 123 cm³/mol. The Labute approximate surface area is 188 Å². The molecule has 0 fully saturated rings. The molecule has 1 unspecified atom stereocenters. The molecular weight excluding hydrogens is 418 g/mol. The standard InChI is InChI=1S/C22H31N3O3S2/c1-14(2)10-17(19-13-30-22(29)25-19)23-20(26)18(11-15(3)4)24-21(27)28-12-16-8-6-5-7-9-16/h5-9,13-15,17-18H,10-12H2,1-4H3,(H,23,26)(H,24,27)(H,25,29)/t17?,18-/m0/s1. The Hall–Kier alpha value is -2.06. The van der Waals surface area contributed by atoms with Crippen molar-refractivity contribution in [2.75, 3.05) is 0 Å². The molecule has 0 aliphatic heterocycles. The maximum Gasteiger partial charge on any atom is 0.408 e. The largest absolute Gasteiger partial charge is 0.445 e. The average Bonchev–Trinajstić information content (AvgIpc) is 3.12. The fraction of sp³-hybridized carbons (Fsp3) is 0.500. The van der Waals surface area contributed by atoms with Gasteiger partial charge in [-0.1, -0.05) is 58.0 Å². The van der Waals surface area contributed by atoms with Crippen molar-refractivity contribution < 1.29 is 14.3 Å². The molecule has 2 amide bonds. The summed E-state index contributed by atoms with van der Waals surface area (Å²) in [6.07, 6.45) is 0.650. The third-order valence-corrected chi connectivity index (χ3v) is 5.50. The van der Waals surface area contributed by atoms with Crippen LogP contribution in [0, 0.1) is 11.8 Å². The number of nitrogens with zero attached hydrogens (tertiary/aromatic N) is 1. The first-order chi connectivity index (χ1) is 14.2. The van der Waals surface area contributed by atoms with Crippen molar-refractivity contribution in [3.8, 4) is 0 Å². The number of hydrogen-bond donors (Lipinski definition) is 3. The molecule has 0 bridgehead atoms. The Morgan fingerprint density at radius 1 is 1.07 bits per heavy atom. The number of aromatic nitrogens is 1. The molecule has 30 heavy (non-hydrogen) atoms. The lowest BCUT2D eigenvalue weighted by atomic mass is 9.99. The van der Waals surface area contributed by atoms with E-state index in [0.29, 0.717) is 16.7 Å². The second-order valence-corrected chi connectivity index (χ2v) is 9.72. The summed E-state index contributed by atoms with van der Waals surface area (Å²) in [6, 6.07) is 8.52. The number of amides is 2. The van der Waals surface area contributed by atoms with E-state index in [1.54, 1.807) is 0 Å². The SMILES string of the molecule is CC(C)CC(NC(=O)[C@H](CC(C)C)NC(=O)OCc1ccccc1)c1csc(S)n1. The fourth-order valence-electron chi connectivity index (χ4n) is 3.04. The molecule has 0 aliphatic carbocycles. The summed E-state index contributed by atoms with van der Waals surface area (Å²) in [6.45, 7) is 8.37. The molecule has 6 nitrogen and oxygen atoms in total. The van der Waals surface area contributed by atoms with Crippen LogP contribution in [0.1, 0.15) is 57.8 Å². The predicted octanol–water partition coefficient (Wildman–Crippen LogP) is 4.98. The molecule has 0 radical (unpaired) electrons. The van der Waals surface area contributed by atoms with Gasteiger partial charge in [0, 0.05) is 5.38 Å². The van der Waals surface area contributed by atoms with Crippen LogP contribution < -0.4 is 10.6 Å². The van der Waals surface area contributed by atoms with Crippen LogP contribution in [0.3, 0.4) is 0 Å². The smallest absolute Gasteiger partial charge is 0.408 e. The van der Waals surface area contributed by atoms with Crippen LogP contribution in [0.4, 0.5) is 4.79 Å². The van der Waals surface area contributed by atoms with Gasteiger partial charge >= 0.3 is 6.09 Å². The fourth-order valence-corrected chi connectivity index (χ4v) is 3.92. The summed E-state index contributed by atoms with van der Waals surface area (Å²) >= 11 is 5.72. The zero-order chi connectivity index (χ0) is 22.1. The molecule has 0 aliphatic rings. The van der Waals surface area contributed by atoms with Crippen molar-refractivity contribution in [3.63, 3.8) is 0 Å². The Morgan fingerprint density at radius 2 is 1.73 bits per heavy atom. The minimum atomic E-state index is -0.683. The van der Waals surface area contributed by atoms with Gasteiger partial charge in [-0.25, -0.2) is 9.78 Å². The molecule has 0 saturated carbocycles. The van der Waals surface area contributed by atoms with Gasteiger partial charge in [-0.3, -0.25) is 4.79 Å². The molecular formula is C22H31N3O3S2. The van der Waals surface area contributed by atoms with Gasteiger partial charge < -0.3 is 15.4 Å². The minimum Gasteiger partial charge on any atom is -0.445 e. The molecule has 164 valence electrons. The van der Waals surface area contributed by atoms with E-state index in [1.807, 2.05) is 49.6 Å². The van der Waals surface area contributed by atoms with E-state index in [9.17, 15) is 9.59 Å². The monoisotopic (exact) mass is 449 g/mol. The molecule has 1 heterocycles. The highest BCUT2D eigenvalue weighted by Crippen LogP contribution is 2.25. The van der Waals surface area contributed by atoms with Crippen molar-refractivity contribution in [2.45, 2.75) is 63.6 Å². The van der Waals surface area contributed by atoms with Crippen molar-refractivity contribution in [3.05, 3.63) is 47.0 Å². The van der Waals surface area contributed by atoms with Crippen LogP contribution in [0.15, 0.2) is 40.1 Å². The molecule has 2 atom stereocenters. The number of carbonyl (C=O) groups excluding carboxylic acids is 2. The van der Waals surface area contributed by atoms with Crippen molar-refractivity contribution in [2.24, 2.45) is 11.8 Å². The van der Waals surface area contributed by atoms with Gasteiger partial charge in [0.05, 0.1) is 11.7 Å². The van der Waals surface area contributed by atoms with Gasteiger partial charge in [0.15, 0.2) is 0 Å². The third-order valence-electron chi connectivity index (χ3n) is 4.42. The number of carbonyl (C=O) groups is 2. The van der Waals surface area contributed by atoms with Gasteiger partial charge in [-0.2, -0.15) is 0 Å². The van der Waals surface area contributed by atoms with Crippen molar-refractivity contribution >= 4 is 36.0 Å². The topological polar surface area (TPSA) is 80.3 Å². The van der Waals surface area contributed by atoms with Crippen LogP contribution in [0.5, 0.6) is 0 Å². The Morgan fingerprint density at radius 3 is 2.30 bits per heavy atom. The van der Waals surface area contributed by atoms with E-state index in [2.05, 4.69) is 42.1 Å². The van der Waals surface area contributed by atoms with Crippen LogP contribution in [-0.2, 0) is 16.1 Å². The van der Waals surface area contributed by atoms with Crippen LogP contribution in [0.2, 0.25) is 0 Å². The maximum atomic E-state index is 13.0. The Balaban J connectivity index is 2.02. The maximum absolute atomic E-state index is 13.0. The number of nitrogens with one attached hydrogen (secondary N) is 2. The van der Waals surface area contributed by atoms with Gasteiger partial charge in [-0.05, 0) is 30.2 Å². The Bertz CT molecular complexity index is 809. The number of benzene rings is 1. The first-order valence-corrected chi connectivity index (χ1v) is 11.5. The normalized spacial score (nSPS) is 13.2. The molecule has 2 aromatic rings. The summed E-state index contributed by atoms with van der Waals surface area (Å²) in [5, 5.41) is 7.70. The summed E-state index contributed by atoms with van der Waals surface area (Å²) in [4.78, 5) is 29.8. The molecule has 1 aromatic heterocycles. The highest BCUT2D eigenvalue weighted by molar-refractivity contribution is 7.82. The molecule has 0 saturated heterocycles. The summed E-state index contributed by atoms with van der Waals surface area (Å²) < 4.78 is 5.96. The quantitative estimate of drug-likeness (QED) is 0.447. The highest BCUT2D eigenvalue weighted by atomic mass is 32.2. The number of hydrogen-bond acceptors (Lipinski definition) is 6. The lowest BCUT2D eigenvalue weighted by Gasteiger charge is -2.24. The number of thiol groups is 1. The third kappa shape index (κ3) is 8.36. The zero-order valence-electron chi connectivity index (χ0n) is 17.9. The first-order valence-electron chi connectivity index (χ1n) is 10.2. The van der Waals surface area contributed by atoms with E-state index in [-0.39, 0.29) is 24.5 Å². The summed E-state index contributed by atoms with van der Waals surface area (Å²) in [5.74, 6) is 0.356. The second kappa shape index (κ2) is 12.0. The van der Waals surface area contributed by atoms with Crippen LogP contribution in [-0.4, -0.2) is 23.0 Å². The number of alkyl carbamates (subject to hydrolysis) is 1. The first kappa shape index (κ1) is 24.2. The van der Waals surface area contributed by atoms with Crippen molar-refractivity contribution in [1.29, 1.82) is 0 Å². The molecule has 2 N–H and O–H groups in total. The number of rotatable bonds is 10. The Kier molecular flexibility index (Phi) is 9.65. The summed E-state index contributed by atoms with van der Waals surface area (Å²) in [7, 11) is 0. The molecule has 0 spiro atoms. The van der Waals surface area contributed by atoms with E-state index in [0.717, 1.165) is 17.7 Å². The average molecular weight is 450 g/mol. The zero-order valence-corrected chi connectivity index (χ0v) is 19.6. The molecule has 2 rings (SSSR count). The lowest BCUT2D eigenvalue weighted by Crippen LogP contribution is -2.48. The van der Waals surface area contributed by atoms with E-state index in [4.69, 9.17) is 4.74 Å². The van der Waals surface area contributed by atoms with Gasteiger partial charge in [-0.15, -0.1) is 24.0 Å². The summed E-state index contributed by atoms with van der Waals surface area (Å²) in [5.41, 5.74) is 1.68. The second-order valence-electron chi connectivity index (χ2n) is 8.13. The highest BCUT2D eigenvalue weighted by Gasteiger charge is 2.26. The van der Waals surface area contributed by atoms with E-state index < -0.39 is 12.1 Å². The van der Waals surface area contributed by atoms with Gasteiger partial charge in [0.25, 0.3) is 0 Å². The van der Waals surface area contributed by atoms with E-state index in [1.165, 1.54) is 11.3 Å². The van der Waals surface area contributed by atoms with Crippen LogP contribution in [0.25, 0.3) is 0 Å². The van der Waals surface area contributed by atoms with Crippen molar-refractivity contribution in [1.82, 2.24) is 15.6 Å². The molecule has 8 heteroatoms. The van der Waals surface area contributed by atoms with Gasteiger partial charge in [0.2, 0.25) is 5.91 Å². The lowest BCUT2D eigenvalue weighted by molar-refractivity contribution is -0.124. The minimum absolute atomic E-state index is 0.155. The van der Waals surface area contributed by atoms with E-state index >= 15 is 0 Å². The van der Waals surface area contributed by atoms with Crippen LogP contribution >= 0.6 is 24.0 Å². The number of ether oxygens (including phenoxy) is 1. The molecule has 1 aromatic carbocycles.